The second kappa shape index (κ2) is 10.3. The summed E-state index contributed by atoms with van der Waals surface area (Å²) in [6.45, 7) is 6.22. The number of nitrogens with zero attached hydrogens (tertiary/aromatic N) is 1. The number of ether oxygens (including phenoxy) is 2. The van der Waals surface area contributed by atoms with E-state index in [2.05, 4.69) is 11.9 Å². The van der Waals surface area contributed by atoms with Crippen LogP contribution in [0, 0.1) is 0 Å². The minimum atomic E-state index is -0.130. The lowest BCUT2D eigenvalue weighted by molar-refractivity contribution is -0.132. The van der Waals surface area contributed by atoms with Gasteiger partial charge >= 0.3 is 0 Å². The average molecular weight is 334 g/mol. The van der Waals surface area contributed by atoms with Crippen LogP contribution in [0.15, 0.2) is 30.9 Å². The quantitative estimate of drug-likeness (QED) is 0.523. The van der Waals surface area contributed by atoms with Crippen LogP contribution >= 0.6 is 0 Å². The molecule has 6 nitrogen and oxygen atoms in total. The highest BCUT2D eigenvalue weighted by molar-refractivity contribution is 5.77. The maximum Gasteiger partial charge on any atom is 0.260 e. The number of carbonyl (C=O) groups is 2. The Balaban J connectivity index is 2.48. The third-order valence-corrected chi connectivity index (χ3v) is 3.43. The molecule has 0 aliphatic rings. The van der Waals surface area contributed by atoms with Gasteiger partial charge in [0.1, 0.15) is 0 Å². The van der Waals surface area contributed by atoms with Gasteiger partial charge in [0.05, 0.1) is 7.11 Å². The van der Waals surface area contributed by atoms with E-state index in [-0.39, 0.29) is 18.4 Å². The van der Waals surface area contributed by atoms with Gasteiger partial charge in [0.15, 0.2) is 18.1 Å². The smallest absolute Gasteiger partial charge is 0.260 e. The molecule has 0 heterocycles. The third-order valence-electron chi connectivity index (χ3n) is 3.43. The standard InChI is InChI=1S/C18H26N2O4/c1-5-7-15-8-9-16(17(12-15)23-4)24-13-18(22)20(3)11-6-10-19-14(2)21/h5,8-9,12H,1,6-7,10-11,13H2,2-4H3,(H,19,21). The molecule has 1 aromatic carbocycles. The highest BCUT2D eigenvalue weighted by Gasteiger charge is 2.12. The molecule has 132 valence electrons. The van der Waals surface area contributed by atoms with Gasteiger partial charge in [-0.25, -0.2) is 0 Å². The maximum atomic E-state index is 12.1. The van der Waals surface area contributed by atoms with Gasteiger partial charge in [-0.05, 0) is 30.5 Å². The molecule has 0 saturated carbocycles. The van der Waals surface area contributed by atoms with E-state index in [1.54, 1.807) is 25.1 Å². The number of hydrogen-bond donors (Lipinski definition) is 1. The van der Waals surface area contributed by atoms with Crippen molar-refractivity contribution >= 4 is 11.8 Å². The molecule has 1 aromatic rings. The van der Waals surface area contributed by atoms with Gasteiger partial charge in [-0.1, -0.05) is 12.1 Å². The van der Waals surface area contributed by atoms with E-state index in [1.807, 2.05) is 18.2 Å². The molecule has 1 N–H and O–H groups in total. The van der Waals surface area contributed by atoms with Crippen molar-refractivity contribution in [2.75, 3.05) is 33.9 Å². The molecule has 24 heavy (non-hydrogen) atoms. The van der Waals surface area contributed by atoms with Gasteiger partial charge in [0.2, 0.25) is 5.91 Å². The van der Waals surface area contributed by atoms with Crippen molar-refractivity contribution in [3.8, 4) is 11.5 Å². The van der Waals surface area contributed by atoms with Crippen molar-refractivity contribution < 1.29 is 19.1 Å². The minimum absolute atomic E-state index is 0.0617. The Bertz CT molecular complexity index is 572. The van der Waals surface area contributed by atoms with E-state index in [4.69, 9.17) is 9.47 Å². The summed E-state index contributed by atoms with van der Waals surface area (Å²) in [6, 6.07) is 5.58. The molecule has 0 aliphatic heterocycles. The first-order valence-electron chi connectivity index (χ1n) is 7.87. The molecule has 0 radical (unpaired) electrons. The Hall–Kier alpha value is -2.50. The zero-order valence-electron chi connectivity index (χ0n) is 14.6. The molecule has 0 bridgehead atoms. The number of amides is 2. The lowest BCUT2D eigenvalue weighted by atomic mass is 10.1. The van der Waals surface area contributed by atoms with Crippen LogP contribution in [0.25, 0.3) is 0 Å². The van der Waals surface area contributed by atoms with Crippen LogP contribution in [0.1, 0.15) is 18.9 Å². The Morgan fingerprint density at radius 3 is 2.71 bits per heavy atom. The van der Waals surface area contributed by atoms with Crippen LogP contribution in [0.5, 0.6) is 11.5 Å². The molecule has 2 amide bonds. The molecular formula is C18H26N2O4. The number of carbonyl (C=O) groups excluding carboxylic acids is 2. The SMILES string of the molecule is C=CCc1ccc(OCC(=O)N(C)CCCNC(C)=O)c(OC)c1. The van der Waals surface area contributed by atoms with Crippen LogP contribution in [-0.4, -0.2) is 50.6 Å². The van der Waals surface area contributed by atoms with Crippen molar-refractivity contribution in [1.82, 2.24) is 10.2 Å². The Morgan fingerprint density at radius 2 is 2.08 bits per heavy atom. The summed E-state index contributed by atoms with van der Waals surface area (Å²) in [4.78, 5) is 24.4. The second-order valence-electron chi connectivity index (χ2n) is 5.42. The normalized spacial score (nSPS) is 9.96. The van der Waals surface area contributed by atoms with Crippen molar-refractivity contribution in [2.45, 2.75) is 19.8 Å². The average Bonchev–Trinajstić information content (AvgIpc) is 2.56. The molecule has 0 unspecified atom stereocenters. The van der Waals surface area contributed by atoms with Gasteiger partial charge in [0.25, 0.3) is 5.91 Å². The second-order valence-corrected chi connectivity index (χ2v) is 5.42. The summed E-state index contributed by atoms with van der Waals surface area (Å²) < 4.78 is 10.9. The lowest BCUT2D eigenvalue weighted by Crippen LogP contribution is -2.34. The highest BCUT2D eigenvalue weighted by Crippen LogP contribution is 2.28. The van der Waals surface area contributed by atoms with Crippen LogP contribution in [0.2, 0.25) is 0 Å². The van der Waals surface area contributed by atoms with Gasteiger partial charge in [0, 0.05) is 27.1 Å². The van der Waals surface area contributed by atoms with Crippen molar-refractivity contribution in [1.29, 1.82) is 0 Å². The van der Waals surface area contributed by atoms with Crippen molar-refractivity contribution in [3.05, 3.63) is 36.4 Å². The van der Waals surface area contributed by atoms with Gasteiger partial charge < -0.3 is 19.7 Å². The first-order valence-corrected chi connectivity index (χ1v) is 7.87. The molecule has 0 atom stereocenters. The van der Waals surface area contributed by atoms with Crippen LogP contribution in [-0.2, 0) is 16.0 Å². The topological polar surface area (TPSA) is 67.9 Å². The van der Waals surface area contributed by atoms with Crippen LogP contribution in [0.4, 0.5) is 0 Å². The fraction of sp³-hybridized carbons (Fsp3) is 0.444. The Labute approximate surface area is 143 Å². The first kappa shape index (κ1) is 19.5. The zero-order chi connectivity index (χ0) is 17.9. The molecule has 6 heteroatoms. The number of benzene rings is 1. The highest BCUT2D eigenvalue weighted by atomic mass is 16.5. The van der Waals surface area contributed by atoms with Gasteiger partial charge in [-0.3, -0.25) is 9.59 Å². The summed E-state index contributed by atoms with van der Waals surface area (Å²) in [5, 5.41) is 2.70. The monoisotopic (exact) mass is 334 g/mol. The summed E-state index contributed by atoms with van der Waals surface area (Å²) >= 11 is 0. The van der Waals surface area contributed by atoms with E-state index < -0.39 is 0 Å². The van der Waals surface area contributed by atoms with E-state index in [0.29, 0.717) is 31.0 Å². The summed E-state index contributed by atoms with van der Waals surface area (Å²) in [5.74, 6) is 0.926. The fourth-order valence-corrected chi connectivity index (χ4v) is 2.08. The van der Waals surface area contributed by atoms with E-state index in [1.165, 1.54) is 6.92 Å². The lowest BCUT2D eigenvalue weighted by Gasteiger charge is -2.18. The van der Waals surface area contributed by atoms with E-state index in [0.717, 1.165) is 12.0 Å². The third kappa shape index (κ3) is 6.73. The molecule has 0 saturated heterocycles. The number of rotatable bonds is 10. The number of methoxy groups -OCH3 is 1. The molecule has 0 spiro atoms. The van der Waals surface area contributed by atoms with E-state index >= 15 is 0 Å². The number of hydrogen-bond acceptors (Lipinski definition) is 4. The molecule has 0 aliphatic carbocycles. The summed E-state index contributed by atoms with van der Waals surface area (Å²) in [7, 11) is 3.28. The molecule has 0 fully saturated rings. The summed E-state index contributed by atoms with van der Waals surface area (Å²) in [6.07, 6.45) is 3.25. The number of nitrogens with one attached hydrogen (secondary N) is 1. The largest absolute Gasteiger partial charge is 0.493 e. The van der Waals surface area contributed by atoms with Crippen LogP contribution in [0.3, 0.4) is 0 Å². The van der Waals surface area contributed by atoms with Crippen molar-refractivity contribution in [2.24, 2.45) is 0 Å². The first-order chi connectivity index (χ1) is 11.5. The summed E-state index contributed by atoms with van der Waals surface area (Å²) in [5.41, 5.74) is 1.07. The number of allylic oxidation sites excluding steroid dienone is 1. The predicted octanol–water partition coefficient (Wildman–Crippen LogP) is 1.79. The zero-order valence-corrected chi connectivity index (χ0v) is 14.6. The Morgan fingerprint density at radius 1 is 1.33 bits per heavy atom. The van der Waals surface area contributed by atoms with Crippen molar-refractivity contribution in [3.63, 3.8) is 0 Å². The Kier molecular flexibility index (Phi) is 8.39. The predicted molar refractivity (Wildman–Crippen MR) is 93.3 cm³/mol. The fourth-order valence-electron chi connectivity index (χ4n) is 2.08. The molecule has 1 rings (SSSR count). The van der Waals surface area contributed by atoms with E-state index in [9.17, 15) is 9.59 Å². The minimum Gasteiger partial charge on any atom is -0.493 e. The van der Waals surface area contributed by atoms with Gasteiger partial charge in [-0.15, -0.1) is 6.58 Å². The van der Waals surface area contributed by atoms with Crippen LogP contribution < -0.4 is 14.8 Å². The maximum absolute atomic E-state index is 12.1. The molecular weight excluding hydrogens is 308 g/mol. The molecule has 0 aromatic heterocycles. The van der Waals surface area contributed by atoms with Gasteiger partial charge in [-0.2, -0.15) is 0 Å². The number of likely N-dealkylation sites (N-methyl/N-ethyl adjacent to an activating group) is 1.